The van der Waals surface area contributed by atoms with E-state index in [4.69, 9.17) is 9.47 Å². The van der Waals surface area contributed by atoms with Gasteiger partial charge in [0.05, 0.1) is 6.67 Å². The molecule has 0 amide bonds. The maximum absolute atomic E-state index is 13.4. The van der Waals surface area contributed by atoms with Crippen molar-refractivity contribution in [3.63, 3.8) is 0 Å². The lowest BCUT2D eigenvalue weighted by Gasteiger charge is -2.23. The van der Waals surface area contributed by atoms with E-state index in [1.165, 1.54) is 4.57 Å². The molecule has 254 valence electrons. The molecule has 4 aromatic carbocycles. The Labute approximate surface area is 288 Å². The van der Waals surface area contributed by atoms with Crippen LogP contribution >= 0.6 is 0 Å². The van der Waals surface area contributed by atoms with E-state index in [0.717, 1.165) is 53.1 Å². The lowest BCUT2D eigenvalue weighted by Crippen LogP contribution is -2.40. The van der Waals surface area contributed by atoms with E-state index in [0.29, 0.717) is 44.5 Å². The second kappa shape index (κ2) is 15.7. The van der Waals surface area contributed by atoms with Gasteiger partial charge in [0.25, 0.3) is 5.56 Å². The Morgan fingerprint density at radius 1 is 0.694 bits per heavy atom. The molecule has 1 aromatic heterocycles. The van der Waals surface area contributed by atoms with Gasteiger partial charge in [0.1, 0.15) is 24.7 Å². The van der Waals surface area contributed by atoms with Crippen LogP contribution in [0.3, 0.4) is 0 Å². The van der Waals surface area contributed by atoms with Crippen molar-refractivity contribution in [2.75, 3.05) is 29.6 Å². The van der Waals surface area contributed by atoms with Gasteiger partial charge in [-0.3, -0.25) is 13.9 Å². The van der Waals surface area contributed by atoms with Gasteiger partial charge in [-0.1, -0.05) is 97.1 Å². The molecule has 0 radical (unpaired) electrons. The molecule has 6 rings (SSSR count). The number of fused-ring (bicyclic) bond motifs is 1. The number of anilines is 2. The highest BCUT2D eigenvalue weighted by Gasteiger charge is 2.32. The molecule has 9 heteroatoms. The Balaban J connectivity index is 1.07. The van der Waals surface area contributed by atoms with Crippen molar-refractivity contribution in [2.24, 2.45) is 14.1 Å². The molecule has 0 fully saturated rings. The van der Waals surface area contributed by atoms with Crippen LogP contribution < -0.4 is 35.8 Å². The monoisotopic (exact) mass is 659 g/mol. The molecule has 0 saturated heterocycles. The fourth-order valence-electron chi connectivity index (χ4n) is 6.23. The Bertz CT molecular complexity index is 1940. The van der Waals surface area contributed by atoms with Crippen molar-refractivity contribution in [1.29, 1.82) is 0 Å². The average molecular weight is 660 g/mol. The van der Waals surface area contributed by atoms with Gasteiger partial charge in [-0.05, 0) is 60.7 Å². The predicted octanol–water partition coefficient (Wildman–Crippen LogP) is 5.64. The molecule has 49 heavy (non-hydrogen) atoms. The summed E-state index contributed by atoms with van der Waals surface area (Å²) in [4.78, 5) is 30.4. The Morgan fingerprint density at radius 2 is 1.29 bits per heavy atom. The molecule has 1 aliphatic rings. The highest BCUT2D eigenvalue weighted by molar-refractivity contribution is 5.72. The Hall–Kier alpha value is -5.28. The second-order valence-corrected chi connectivity index (χ2v) is 12.7. The minimum absolute atomic E-state index is 0.213. The van der Waals surface area contributed by atoms with E-state index in [9.17, 15) is 9.59 Å². The predicted molar refractivity (Wildman–Crippen MR) is 196 cm³/mol. The van der Waals surface area contributed by atoms with Gasteiger partial charge >= 0.3 is 5.69 Å². The van der Waals surface area contributed by atoms with E-state index in [2.05, 4.69) is 70.6 Å². The summed E-state index contributed by atoms with van der Waals surface area (Å²) in [5.41, 5.74) is 4.50. The van der Waals surface area contributed by atoms with Crippen molar-refractivity contribution < 1.29 is 9.47 Å². The van der Waals surface area contributed by atoms with Crippen LogP contribution in [0.1, 0.15) is 35.6 Å². The third-order valence-electron chi connectivity index (χ3n) is 9.00. The zero-order valence-electron chi connectivity index (χ0n) is 28.5. The molecule has 1 atom stereocenters. The van der Waals surface area contributed by atoms with Crippen LogP contribution in [-0.4, -0.2) is 34.9 Å². The summed E-state index contributed by atoms with van der Waals surface area (Å²) in [6, 6.07) is 36.8. The normalized spacial score (nSPS) is 13.0. The summed E-state index contributed by atoms with van der Waals surface area (Å²) >= 11 is 0. The third-order valence-corrected chi connectivity index (χ3v) is 9.00. The van der Waals surface area contributed by atoms with Gasteiger partial charge in [-0.25, -0.2) is 4.79 Å². The van der Waals surface area contributed by atoms with Crippen LogP contribution in [-0.2, 0) is 40.3 Å². The number of nitrogens with zero attached hydrogens (tertiary/aromatic N) is 4. The first-order valence-corrected chi connectivity index (χ1v) is 16.9. The van der Waals surface area contributed by atoms with Crippen molar-refractivity contribution in [3.05, 3.63) is 152 Å². The highest BCUT2D eigenvalue weighted by Crippen LogP contribution is 2.33. The van der Waals surface area contributed by atoms with Crippen molar-refractivity contribution in [1.82, 2.24) is 14.5 Å². The molecule has 1 aliphatic heterocycles. The second-order valence-electron chi connectivity index (χ2n) is 12.7. The number of hydrogen-bond acceptors (Lipinski definition) is 7. The first-order chi connectivity index (χ1) is 23.9. The minimum atomic E-state index is -0.317. The van der Waals surface area contributed by atoms with E-state index in [1.54, 1.807) is 18.7 Å². The van der Waals surface area contributed by atoms with Gasteiger partial charge in [-0.15, -0.1) is 0 Å². The maximum Gasteiger partial charge on any atom is 0.332 e. The lowest BCUT2D eigenvalue weighted by molar-refractivity contribution is 0.255. The fraction of sp³-hybridized carbons (Fsp3) is 0.300. The number of benzene rings is 4. The molecular formula is C40H45N5O4. The first-order valence-electron chi connectivity index (χ1n) is 16.9. The largest absolute Gasteiger partial charge is 0.485 e. The number of hydrogen-bond donors (Lipinski definition) is 1. The van der Waals surface area contributed by atoms with E-state index < -0.39 is 0 Å². The molecule has 0 spiro atoms. The van der Waals surface area contributed by atoms with Crippen LogP contribution in [0.15, 0.2) is 119 Å². The summed E-state index contributed by atoms with van der Waals surface area (Å²) in [6.45, 7) is 5.74. The van der Waals surface area contributed by atoms with Gasteiger partial charge in [0.15, 0.2) is 11.5 Å². The average Bonchev–Trinajstić information content (AvgIpc) is 3.50. The summed E-state index contributed by atoms with van der Waals surface area (Å²) in [6.07, 6.45) is 1.66. The molecule has 9 nitrogen and oxygen atoms in total. The van der Waals surface area contributed by atoms with Crippen LogP contribution in [0.5, 0.6) is 11.5 Å². The Morgan fingerprint density at radius 3 is 1.92 bits per heavy atom. The van der Waals surface area contributed by atoms with Crippen molar-refractivity contribution >= 4 is 11.5 Å². The summed E-state index contributed by atoms with van der Waals surface area (Å²) in [5, 5.41) is 3.66. The quantitative estimate of drug-likeness (QED) is 0.156. The lowest BCUT2D eigenvalue weighted by atomic mass is 10.1. The summed E-state index contributed by atoms with van der Waals surface area (Å²) < 4.78 is 15.3. The van der Waals surface area contributed by atoms with Crippen LogP contribution in [0.4, 0.5) is 11.5 Å². The van der Waals surface area contributed by atoms with Crippen molar-refractivity contribution in [3.8, 4) is 11.5 Å². The minimum Gasteiger partial charge on any atom is -0.485 e. The van der Waals surface area contributed by atoms with Crippen molar-refractivity contribution in [2.45, 2.75) is 45.6 Å². The van der Waals surface area contributed by atoms with E-state index >= 15 is 0 Å². The molecular weight excluding hydrogens is 614 g/mol. The molecule has 0 bridgehead atoms. The number of rotatable bonds is 15. The Kier molecular flexibility index (Phi) is 10.8. The maximum atomic E-state index is 13.4. The standard InChI is InChI=1S/C40H45N5O4/c1-30(22-24-44-29-45(26-32-13-7-4-8-14-32)38-37(44)39(46)43(3)40(47)42(38)2)41-23-21-31-19-20-35(48-27-33-15-9-5-10-16-33)36(25-31)49-28-34-17-11-6-12-18-34/h4-20,25,30,41H,21-24,26-29H2,1-3H3. The molecule has 1 unspecified atom stereocenters. The highest BCUT2D eigenvalue weighted by atomic mass is 16.5. The van der Waals surface area contributed by atoms with E-state index in [-0.39, 0.29) is 17.3 Å². The van der Waals surface area contributed by atoms with Gasteiger partial charge in [0, 0.05) is 33.2 Å². The number of nitrogens with one attached hydrogen (secondary N) is 1. The topological polar surface area (TPSA) is 81.0 Å². The smallest absolute Gasteiger partial charge is 0.332 e. The van der Waals surface area contributed by atoms with Gasteiger partial charge in [0.2, 0.25) is 0 Å². The summed E-state index contributed by atoms with van der Waals surface area (Å²) in [7, 11) is 3.29. The van der Waals surface area contributed by atoms with Crippen LogP contribution in [0.2, 0.25) is 0 Å². The number of aromatic nitrogens is 2. The number of ether oxygens (including phenoxy) is 2. The first kappa shape index (κ1) is 33.6. The summed E-state index contributed by atoms with van der Waals surface area (Å²) in [5.74, 6) is 2.13. The third kappa shape index (κ3) is 8.24. The van der Waals surface area contributed by atoms with Crippen LogP contribution in [0, 0.1) is 0 Å². The fourth-order valence-corrected chi connectivity index (χ4v) is 6.23. The zero-order valence-corrected chi connectivity index (χ0v) is 28.5. The molecule has 0 saturated carbocycles. The van der Waals surface area contributed by atoms with Crippen LogP contribution in [0.25, 0.3) is 0 Å². The zero-order chi connectivity index (χ0) is 34.2. The molecule has 0 aliphatic carbocycles. The molecule has 5 aromatic rings. The SMILES string of the molecule is CC(CCN1CN(Cc2ccccc2)c2c1c(=O)n(C)c(=O)n2C)NCCc1ccc(OCc2ccccc2)c(OCc2ccccc2)c1. The van der Waals surface area contributed by atoms with Gasteiger partial charge < -0.3 is 24.6 Å². The molecule has 1 N–H and O–H groups in total. The van der Waals surface area contributed by atoms with E-state index in [1.807, 2.05) is 60.7 Å². The van der Waals surface area contributed by atoms with Gasteiger partial charge in [-0.2, -0.15) is 0 Å². The molecule has 2 heterocycles.